The molecule has 0 aliphatic carbocycles. The van der Waals surface area contributed by atoms with Gasteiger partial charge in [-0.05, 0) is 35.9 Å². The molecule has 2 aromatic rings. The molecule has 0 aliphatic rings. The van der Waals surface area contributed by atoms with Gasteiger partial charge in [0.2, 0.25) is 0 Å². The Balaban J connectivity index is 2.07. The molecule has 0 aromatic heterocycles. The predicted octanol–water partition coefficient (Wildman–Crippen LogP) is 5.84. The van der Waals surface area contributed by atoms with Crippen LogP contribution in [0.25, 0.3) is 0 Å². The summed E-state index contributed by atoms with van der Waals surface area (Å²) in [6.45, 7) is 0.929. The second kappa shape index (κ2) is 7.10. The van der Waals surface area contributed by atoms with Crippen molar-refractivity contribution in [1.82, 2.24) is 5.32 Å². The van der Waals surface area contributed by atoms with E-state index in [-0.39, 0.29) is 5.82 Å². The van der Waals surface area contributed by atoms with Crippen molar-refractivity contribution in [3.05, 3.63) is 66.8 Å². The highest BCUT2D eigenvalue weighted by Crippen LogP contribution is 2.31. The lowest BCUT2D eigenvalue weighted by Crippen LogP contribution is -2.14. The fraction of sp³-hybridized carbons (Fsp3) is 0.143. The summed E-state index contributed by atoms with van der Waals surface area (Å²) in [7, 11) is 0. The van der Waals surface area contributed by atoms with Crippen molar-refractivity contribution in [3.8, 4) is 0 Å². The summed E-state index contributed by atoms with van der Waals surface area (Å²) < 4.78 is 14.0. The normalized spacial score (nSPS) is 10.8. The van der Waals surface area contributed by atoms with E-state index in [0.717, 1.165) is 15.6 Å². The molecular formula is C14H10BrCl3FN. The molecule has 1 nitrogen and oxygen atoms in total. The Kier molecular flexibility index (Phi) is 5.70. The molecule has 0 unspecified atom stereocenters. The summed E-state index contributed by atoms with van der Waals surface area (Å²) in [6.07, 6.45) is 0. The van der Waals surface area contributed by atoms with Gasteiger partial charge in [-0.3, -0.25) is 0 Å². The minimum absolute atomic E-state index is 0.274. The van der Waals surface area contributed by atoms with Crippen LogP contribution in [0.5, 0.6) is 0 Å². The van der Waals surface area contributed by atoms with E-state index in [4.69, 9.17) is 34.8 Å². The molecule has 106 valence electrons. The molecule has 0 bridgehead atoms. The molecule has 0 saturated carbocycles. The van der Waals surface area contributed by atoms with E-state index in [9.17, 15) is 4.39 Å². The SMILES string of the molecule is Fc1ccc(Br)c(CNCc2c(Cl)ccc(Cl)c2Cl)c1. The minimum Gasteiger partial charge on any atom is -0.308 e. The molecule has 20 heavy (non-hydrogen) atoms. The van der Waals surface area contributed by atoms with Crippen molar-refractivity contribution in [3.63, 3.8) is 0 Å². The van der Waals surface area contributed by atoms with Crippen LogP contribution in [0.15, 0.2) is 34.8 Å². The molecule has 6 heteroatoms. The Bertz CT molecular complexity index is 634. The minimum atomic E-state index is -0.274. The quantitative estimate of drug-likeness (QED) is 0.639. The highest BCUT2D eigenvalue weighted by molar-refractivity contribution is 9.10. The van der Waals surface area contributed by atoms with Gasteiger partial charge in [-0.15, -0.1) is 0 Å². The molecule has 0 amide bonds. The lowest BCUT2D eigenvalue weighted by molar-refractivity contribution is 0.619. The topological polar surface area (TPSA) is 12.0 Å². The van der Waals surface area contributed by atoms with Crippen LogP contribution >= 0.6 is 50.7 Å². The first-order valence-corrected chi connectivity index (χ1v) is 7.68. The number of nitrogens with one attached hydrogen (secondary N) is 1. The Morgan fingerprint density at radius 3 is 2.45 bits per heavy atom. The number of benzene rings is 2. The van der Waals surface area contributed by atoms with Gasteiger partial charge in [0.1, 0.15) is 5.82 Å². The van der Waals surface area contributed by atoms with Crippen LogP contribution in [-0.4, -0.2) is 0 Å². The van der Waals surface area contributed by atoms with Gasteiger partial charge in [-0.1, -0.05) is 50.7 Å². The van der Waals surface area contributed by atoms with Crippen LogP contribution in [0, 0.1) is 5.82 Å². The summed E-state index contributed by atoms with van der Waals surface area (Å²) in [4.78, 5) is 0. The number of hydrogen-bond acceptors (Lipinski definition) is 1. The molecule has 0 saturated heterocycles. The summed E-state index contributed by atoms with van der Waals surface area (Å²) in [6, 6.07) is 7.89. The maximum atomic E-state index is 13.2. The van der Waals surface area contributed by atoms with E-state index in [1.165, 1.54) is 12.1 Å². The van der Waals surface area contributed by atoms with Gasteiger partial charge in [-0.2, -0.15) is 0 Å². The first-order chi connectivity index (χ1) is 9.49. The molecule has 0 atom stereocenters. The summed E-state index contributed by atoms with van der Waals surface area (Å²) in [5.41, 5.74) is 1.55. The molecule has 0 radical (unpaired) electrons. The Morgan fingerprint density at radius 1 is 1.00 bits per heavy atom. The second-order valence-electron chi connectivity index (χ2n) is 4.16. The lowest BCUT2D eigenvalue weighted by Gasteiger charge is -2.11. The zero-order valence-corrected chi connectivity index (χ0v) is 14.0. The van der Waals surface area contributed by atoms with E-state index in [0.29, 0.717) is 28.2 Å². The maximum Gasteiger partial charge on any atom is 0.123 e. The molecular weight excluding hydrogens is 387 g/mol. The fourth-order valence-corrected chi connectivity index (χ4v) is 2.80. The molecule has 2 aromatic carbocycles. The first kappa shape index (κ1) is 16.1. The zero-order valence-electron chi connectivity index (χ0n) is 10.2. The van der Waals surface area contributed by atoms with E-state index in [1.807, 2.05) is 0 Å². The fourth-order valence-electron chi connectivity index (χ4n) is 1.73. The van der Waals surface area contributed by atoms with Crippen LogP contribution in [-0.2, 0) is 13.1 Å². The Morgan fingerprint density at radius 2 is 1.70 bits per heavy atom. The van der Waals surface area contributed by atoms with E-state index in [1.54, 1.807) is 18.2 Å². The first-order valence-electron chi connectivity index (χ1n) is 5.76. The average molecular weight is 398 g/mol. The number of halogens is 5. The highest BCUT2D eigenvalue weighted by atomic mass is 79.9. The van der Waals surface area contributed by atoms with Gasteiger partial charge in [0.05, 0.1) is 10.0 Å². The monoisotopic (exact) mass is 395 g/mol. The van der Waals surface area contributed by atoms with Crippen LogP contribution in [0.3, 0.4) is 0 Å². The maximum absolute atomic E-state index is 13.2. The van der Waals surface area contributed by atoms with Crippen molar-refractivity contribution >= 4 is 50.7 Å². The average Bonchev–Trinajstić information content (AvgIpc) is 2.42. The second-order valence-corrected chi connectivity index (χ2v) is 6.21. The third-order valence-corrected chi connectivity index (χ3v) is 4.74. The smallest absolute Gasteiger partial charge is 0.123 e. The zero-order chi connectivity index (χ0) is 14.7. The molecule has 0 fully saturated rings. The van der Waals surface area contributed by atoms with Gasteiger partial charge in [0.25, 0.3) is 0 Å². The molecule has 0 heterocycles. The molecule has 1 N–H and O–H groups in total. The van der Waals surface area contributed by atoms with Crippen molar-refractivity contribution in [2.24, 2.45) is 0 Å². The summed E-state index contributed by atoms with van der Waals surface area (Å²) in [5, 5.41) is 4.61. The summed E-state index contributed by atoms with van der Waals surface area (Å²) >= 11 is 21.5. The third-order valence-electron chi connectivity index (χ3n) is 2.76. The van der Waals surface area contributed by atoms with Crippen molar-refractivity contribution in [2.75, 3.05) is 0 Å². The van der Waals surface area contributed by atoms with Crippen molar-refractivity contribution in [1.29, 1.82) is 0 Å². The summed E-state index contributed by atoms with van der Waals surface area (Å²) in [5.74, 6) is -0.274. The van der Waals surface area contributed by atoms with Crippen LogP contribution in [0.2, 0.25) is 15.1 Å². The molecule has 2 rings (SSSR count). The number of hydrogen-bond donors (Lipinski definition) is 1. The van der Waals surface area contributed by atoms with Crippen molar-refractivity contribution < 1.29 is 4.39 Å². The van der Waals surface area contributed by atoms with Gasteiger partial charge < -0.3 is 5.32 Å². The Labute approximate surface area is 140 Å². The number of rotatable bonds is 4. The van der Waals surface area contributed by atoms with Gasteiger partial charge in [-0.25, -0.2) is 4.39 Å². The predicted molar refractivity (Wildman–Crippen MR) is 86.1 cm³/mol. The van der Waals surface area contributed by atoms with Gasteiger partial charge >= 0.3 is 0 Å². The van der Waals surface area contributed by atoms with Crippen molar-refractivity contribution in [2.45, 2.75) is 13.1 Å². The Hall–Kier alpha value is -0.320. The lowest BCUT2D eigenvalue weighted by atomic mass is 10.2. The van der Waals surface area contributed by atoms with E-state index >= 15 is 0 Å². The molecule has 0 spiro atoms. The van der Waals surface area contributed by atoms with Gasteiger partial charge in [0.15, 0.2) is 0 Å². The molecule has 0 aliphatic heterocycles. The van der Waals surface area contributed by atoms with Crippen LogP contribution in [0.4, 0.5) is 4.39 Å². The third kappa shape index (κ3) is 3.86. The largest absolute Gasteiger partial charge is 0.308 e. The van der Waals surface area contributed by atoms with Gasteiger partial charge in [0, 0.05) is 28.1 Å². The van der Waals surface area contributed by atoms with E-state index < -0.39 is 0 Å². The van der Waals surface area contributed by atoms with E-state index in [2.05, 4.69) is 21.2 Å². The standard InChI is InChI=1S/C14H10BrCl3FN/c15-11-2-1-9(19)5-8(11)6-20-7-10-12(16)3-4-13(17)14(10)18/h1-5,20H,6-7H2. The van der Waals surface area contributed by atoms with Crippen LogP contribution in [0.1, 0.15) is 11.1 Å². The highest BCUT2D eigenvalue weighted by Gasteiger charge is 2.09. The van der Waals surface area contributed by atoms with Crippen LogP contribution < -0.4 is 5.32 Å².